The van der Waals surface area contributed by atoms with E-state index in [1.165, 1.54) is 12.4 Å². The van der Waals surface area contributed by atoms with Crippen LogP contribution in [0.4, 0.5) is 0 Å². The van der Waals surface area contributed by atoms with Crippen LogP contribution in [0.5, 0.6) is 0 Å². The average molecular weight is 290 g/mol. The predicted octanol–water partition coefficient (Wildman–Crippen LogP) is 1.74. The Morgan fingerprint density at radius 1 is 1.28 bits per heavy atom. The van der Waals surface area contributed by atoms with Gasteiger partial charge in [0.25, 0.3) is 10.0 Å². The van der Waals surface area contributed by atoms with Gasteiger partial charge in [-0.15, -0.1) is 0 Å². The summed E-state index contributed by atoms with van der Waals surface area (Å²) in [4.78, 5) is 3.96. The van der Waals surface area contributed by atoms with Crippen LogP contribution < -0.4 is 4.83 Å². The second kappa shape index (κ2) is 5.58. The fraction of sp³-hybridized carbons (Fsp3) is 0.364. The molecule has 1 N–H and O–H groups in total. The fourth-order valence-corrected chi connectivity index (χ4v) is 2.62. The van der Waals surface area contributed by atoms with Crippen molar-refractivity contribution in [1.29, 1.82) is 0 Å². The van der Waals surface area contributed by atoms with Gasteiger partial charge in [0.2, 0.25) is 0 Å². The Labute approximate surface area is 112 Å². The number of benzene rings is 1. The molecule has 18 heavy (non-hydrogen) atoms. The lowest BCUT2D eigenvalue weighted by atomic mass is 10.2. The van der Waals surface area contributed by atoms with Gasteiger partial charge < -0.3 is 4.90 Å². The first-order chi connectivity index (χ1) is 8.24. The summed E-state index contributed by atoms with van der Waals surface area (Å²) in [6.07, 6.45) is 1.37. The van der Waals surface area contributed by atoms with Gasteiger partial charge in [-0.05, 0) is 37.1 Å². The molecular weight excluding hydrogens is 274 g/mol. The smallest absolute Gasteiger partial charge is 0.276 e. The number of rotatable bonds is 4. The lowest BCUT2D eigenvalue weighted by Gasteiger charge is -2.09. The Morgan fingerprint density at radius 3 is 2.44 bits per heavy atom. The Kier molecular flexibility index (Phi) is 4.59. The average Bonchev–Trinajstić information content (AvgIpc) is 2.22. The van der Waals surface area contributed by atoms with Crippen molar-refractivity contribution < 1.29 is 8.42 Å². The van der Waals surface area contributed by atoms with Gasteiger partial charge in [0.05, 0.1) is 4.90 Å². The maximum atomic E-state index is 12.0. The summed E-state index contributed by atoms with van der Waals surface area (Å²) in [5.41, 5.74) is 1.29. The first-order valence-corrected chi connectivity index (χ1v) is 7.08. The lowest BCUT2D eigenvalue weighted by Crippen LogP contribution is -2.21. The third-order valence-corrected chi connectivity index (χ3v) is 3.98. The minimum absolute atomic E-state index is 0.181. The van der Waals surface area contributed by atoms with Crippen LogP contribution in [-0.2, 0) is 10.0 Å². The summed E-state index contributed by atoms with van der Waals surface area (Å²) in [7, 11) is -0.168. The maximum Gasteiger partial charge on any atom is 0.276 e. The monoisotopic (exact) mass is 289 g/mol. The molecule has 0 aromatic heterocycles. The largest absolute Gasteiger partial charge is 0.367 e. The number of hydrazone groups is 1. The highest BCUT2D eigenvalue weighted by atomic mass is 35.5. The van der Waals surface area contributed by atoms with E-state index in [-0.39, 0.29) is 4.90 Å². The van der Waals surface area contributed by atoms with Crippen LogP contribution >= 0.6 is 11.6 Å². The minimum atomic E-state index is -3.66. The molecule has 0 amide bonds. The van der Waals surface area contributed by atoms with Crippen molar-refractivity contribution in [2.45, 2.75) is 18.7 Å². The van der Waals surface area contributed by atoms with Crippen molar-refractivity contribution in [2.24, 2.45) is 5.10 Å². The van der Waals surface area contributed by atoms with Crippen molar-refractivity contribution in [3.05, 3.63) is 28.3 Å². The molecule has 0 unspecified atom stereocenters. The molecule has 1 rings (SSSR count). The molecule has 0 heterocycles. The zero-order chi connectivity index (χ0) is 13.9. The normalized spacial score (nSPS) is 11.8. The van der Waals surface area contributed by atoms with E-state index in [0.29, 0.717) is 16.1 Å². The van der Waals surface area contributed by atoms with Crippen LogP contribution in [0.1, 0.15) is 11.1 Å². The van der Waals surface area contributed by atoms with Crippen LogP contribution in [0.2, 0.25) is 5.02 Å². The summed E-state index contributed by atoms with van der Waals surface area (Å²) in [5.74, 6) is 0. The number of nitrogens with one attached hydrogen (secondary N) is 1. The molecule has 0 radical (unpaired) electrons. The van der Waals surface area contributed by atoms with E-state index in [1.807, 2.05) is 0 Å². The van der Waals surface area contributed by atoms with Crippen molar-refractivity contribution in [1.82, 2.24) is 9.73 Å². The molecule has 1 aromatic carbocycles. The topological polar surface area (TPSA) is 61.8 Å². The molecule has 0 bridgehead atoms. The van der Waals surface area contributed by atoms with E-state index in [4.69, 9.17) is 11.6 Å². The highest BCUT2D eigenvalue weighted by Crippen LogP contribution is 2.23. The Hall–Kier alpha value is -1.27. The maximum absolute atomic E-state index is 12.0. The molecule has 0 aliphatic heterocycles. The van der Waals surface area contributed by atoms with Crippen molar-refractivity contribution >= 4 is 28.0 Å². The van der Waals surface area contributed by atoms with E-state index in [2.05, 4.69) is 9.93 Å². The number of sulfonamides is 1. The fourth-order valence-electron chi connectivity index (χ4n) is 1.30. The zero-order valence-corrected chi connectivity index (χ0v) is 12.3. The van der Waals surface area contributed by atoms with Crippen molar-refractivity contribution in [3.8, 4) is 0 Å². The van der Waals surface area contributed by atoms with Crippen LogP contribution in [0.25, 0.3) is 0 Å². The van der Waals surface area contributed by atoms with Gasteiger partial charge in [-0.2, -0.15) is 18.4 Å². The molecule has 0 saturated heterocycles. The van der Waals surface area contributed by atoms with E-state index in [0.717, 1.165) is 0 Å². The molecule has 0 atom stereocenters. The predicted molar refractivity (Wildman–Crippen MR) is 73.4 cm³/mol. The van der Waals surface area contributed by atoms with Gasteiger partial charge in [0, 0.05) is 19.1 Å². The summed E-state index contributed by atoms with van der Waals surface area (Å²) >= 11 is 5.93. The lowest BCUT2D eigenvalue weighted by molar-refractivity contribution is 0.581. The molecule has 5 nitrogen and oxygen atoms in total. The zero-order valence-electron chi connectivity index (χ0n) is 10.7. The van der Waals surface area contributed by atoms with Gasteiger partial charge in [-0.1, -0.05) is 11.6 Å². The Bertz CT molecular complexity index is 568. The first kappa shape index (κ1) is 14.8. The van der Waals surface area contributed by atoms with Crippen LogP contribution in [0, 0.1) is 13.8 Å². The SMILES string of the molecule is Cc1cc(S(=O)(=O)N/N=C/N(C)C)c(C)cc1Cl. The molecule has 7 heteroatoms. The summed E-state index contributed by atoms with van der Waals surface area (Å²) < 4.78 is 24.0. The quantitative estimate of drug-likeness (QED) is 0.522. The first-order valence-electron chi connectivity index (χ1n) is 5.22. The van der Waals surface area contributed by atoms with E-state index < -0.39 is 10.0 Å². The molecule has 0 aliphatic carbocycles. The molecule has 0 aliphatic rings. The van der Waals surface area contributed by atoms with Gasteiger partial charge in [-0.3, -0.25) is 0 Å². The van der Waals surface area contributed by atoms with Gasteiger partial charge >= 0.3 is 0 Å². The third-order valence-electron chi connectivity index (χ3n) is 2.21. The number of halogens is 1. The van der Waals surface area contributed by atoms with Crippen LogP contribution in [0.3, 0.4) is 0 Å². The summed E-state index contributed by atoms with van der Waals surface area (Å²) in [5, 5.41) is 4.19. The van der Waals surface area contributed by atoms with Crippen LogP contribution in [0.15, 0.2) is 22.1 Å². The highest BCUT2D eigenvalue weighted by molar-refractivity contribution is 7.89. The molecule has 0 saturated carbocycles. The summed E-state index contributed by atoms with van der Waals surface area (Å²) in [6.45, 7) is 3.44. The number of aryl methyl sites for hydroxylation is 2. The van der Waals surface area contributed by atoms with E-state index in [1.54, 1.807) is 38.9 Å². The second-order valence-electron chi connectivity index (χ2n) is 4.17. The van der Waals surface area contributed by atoms with Gasteiger partial charge in [0.1, 0.15) is 6.34 Å². The Balaban J connectivity index is 3.09. The van der Waals surface area contributed by atoms with Gasteiger partial charge in [-0.25, -0.2) is 0 Å². The molecule has 1 aromatic rings. The third kappa shape index (κ3) is 3.61. The standard InChI is InChI=1S/C11H16ClN3O2S/c1-8-6-11(9(2)5-10(8)12)18(16,17)14-13-7-15(3)4/h5-7,14H,1-4H3/b13-7+. The molecule has 0 fully saturated rings. The van der Waals surface area contributed by atoms with E-state index in [9.17, 15) is 8.42 Å². The van der Waals surface area contributed by atoms with Crippen molar-refractivity contribution in [2.75, 3.05) is 14.1 Å². The number of hydrogen-bond acceptors (Lipinski definition) is 3. The van der Waals surface area contributed by atoms with Crippen molar-refractivity contribution in [3.63, 3.8) is 0 Å². The molecule has 100 valence electrons. The Morgan fingerprint density at radius 2 is 1.89 bits per heavy atom. The summed E-state index contributed by atoms with van der Waals surface area (Å²) in [6, 6.07) is 3.16. The number of nitrogens with zero attached hydrogens (tertiary/aromatic N) is 2. The minimum Gasteiger partial charge on any atom is -0.367 e. The molecular formula is C11H16ClN3O2S. The number of hydrogen-bond donors (Lipinski definition) is 1. The second-order valence-corrected chi connectivity index (χ2v) is 6.21. The van der Waals surface area contributed by atoms with Gasteiger partial charge in [0.15, 0.2) is 0 Å². The molecule has 0 spiro atoms. The van der Waals surface area contributed by atoms with Crippen LogP contribution in [-0.4, -0.2) is 33.8 Å². The van der Waals surface area contributed by atoms with E-state index >= 15 is 0 Å². The highest BCUT2D eigenvalue weighted by Gasteiger charge is 2.17.